The number of oxazole rings is 1. The average molecular weight is 533 g/mol. The molecule has 5 rings (SSSR count). The molecular weight excluding hydrogens is 500 g/mol. The Labute approximate surface area is 227 Å². The molecule has 1 N–H and O–H groups in total. The minimum Gasteiger partial charge on any atom is -0.443 e. The lowest BCUT2D eigenvalue weighted by Gasteiger charge is -2.35. The second-order valence-corrected chi connectivity index (χ2v) is 11.1. The molecule has 0 aliphatic carbocycles. The van der Waals surface area contributed by atoms with Gasteiger partial charge in [0.15, 0.2) is 12.2 Å². The number of aromatic nitrogens is 1. The van der Waals surface area contributed by atoms with Crippen LogP contribution >= 0.6 is 12.6 Å². The number of hydrogen-bond acceptors (Lipinski definition) is 6. The van der Waals surface area contributed by atoms with Crippen molar-refractivity contribution >= 4 is 30.4 Å². The zero-order valence-corrected chi connectivity index (χ0v) is 22.7. The molecule has 0 saturated carbocycles. The van der Waals surface area contributed by atoms with Crippen molar-refractivity contribution in [2.45, 2.75) is 57.6 Å². The van der Waals surface area contributed by atoms with Gasteiger partial charge < -0.3 is 19.5 Å². The molecule has 0 bridgehead atoms. The predicted molar refractivity (Wildman–Crippen MR) is 146 cm³/mol. The number of carbonyl (C=O) groups excluding carboxylic acids is 3. The van der Waals surface area contributed by atoms with Gasteiger partial charge in [0, 0.05) is 36.0 Å². The molecule has 1 saturated heterocycles. The van der Waals surface area contributed by atoms with Gasteiger partial charge in [0.05, 0.1) is 5.69 Å². The van der Waals surface area contributed by atoms with Crippen molar-refractivity contribution < 1.29 is 18.8 Å². The number of fused-ring (bicyclic) bond motifs is 1. The van der Waals surface area contributed by atoms with Gasteiger partial charge in [-0.15, -0.1) is 0 Å². The number of rotatable bonds is 7. The molecule has 2 aromatic carbocycles. The van der Waals surface area contributed by atoms with Crippen molar-refractivity contribution in [3.8, 4) is 11.3 Å². The number of hydrogen-bond donors (Lipinski definition) is 2. The maximum Gasteiger partial charge on any atom is 0.255 e. The molecule has 0 unspecified atom stereocenters. The van der Waals surface area contributed by atoms with Gasteiger partial charge >= 0.3 is 0 Å². The second-order valence-electron chi connectivity index (χ2n) is 10.4. The molecule has 1 fully saturated rings. The summed E-state index contributed by atoms with van der Waals surface area (Å²) in [5, 5.41) is 2.88. The largest absolute Gasteiger partial charge is 0.443 e. The molecule has 3 aromatic rings. The molecule has 1 aromatic heterocycles. The zero-order valence-electron chi connectivity index (χ0n) is 21.8. The van der Waals surface area contributed by atoms with E-state index in [0.717, 1.165) is 28.1 Å². The molecule has 198 valence electrons. The molecule has 8 nitrogen and oxygen atoms in total. The minimum absolute atomic E-state index is 0.113. The van der Waals surface area contributed by atoms with Crippen LogP contribution in [0.15, 0.2) is 59.3 Å². The highest BCUT2D eigenvalue weighted by molar-refractivity contribution is 7.81. The van der Waals surface area contributed by atoms with Gasteiger partial charge in [-0.05, 0) is 36.5 Å². The first-order valence-corrected chi connectivity index (χ1v) is 13.4. The number of likely N-dealkylation sites (tertiary alicyclic amines) is 1. The monoisotopic (exact) mass is 532 g/mol. The van der Waals surface area contributed by atoms with Gasteiger partial charge in [0.2, 0.25) is 11.8 Å². The standard InChI is InChI=1S/C29H32N4O4S/c1-17(2)25(33-14-21-6-4-5-7-23(21)28(33)35)29(36)32-15-22(38)12-24(32)27(34)30-13-19-8-10-20(11-9-19)26-18(3)31-16-37-26/h4-11,16-17,22,24-25,38H,12-15H2,1-3H3,(H,30,34)/t22-,24+,25+/m1/s1. The summed E-state index contributed by atoms with van der Waals surface area (Å²) >= 11 is 4.61. The highest BCUT2D eigenvalue weighted by Crippen LogP contribution is 2.31. The summed E-state index contributed by atoms with van der Waals surface area (Å²) in [5.41, 5.74) is 4.22. The molecule has 38 heavy (non-hydrogen) atoms. The van der Waals surface area contributed by atoms with E-state index in [4.69, 9.17) is 4.42 Å². The van der Waals surface area contributed by atoms with Crippen LogP contribution in [0.1, 0.15) is 47.4 Å². The predicted octanol–water partition coefficient (Wildman–Crippen LogP) is 3.85. The zero-order chi connectivity index (χ0) is 27.0. The Morgan fingerprint density at radius 1 is 1.16 bits per heavy atom. The molecule has 3 heterocycles. The highest BCUT2D eigenvalue weighted by atomic mass is 32.1. The van der Waals surface area contributed by atoms with Crippen LogP contribution in [-0.4, -0.2) is 56.4 Å². The van der Waals surface area contributed by atoms with Crippen LogP contribution in [0.25, 0.3) is 11.3 Å². The molecule has 3 atom stereocenters. The van der Waals surface area contributed by atoms with E-state index in [0.29, 0.717) is 31.6 Å². The Balaban J connectivity index is 1.27. The molecule has 2 aliphatic rings. The summed E-state index contributed by atoms with van der Waals surface area (Å²) < 4.78 is 5.45. The molecule has 0 spiro atoms. The third-order valence-electron chi connectivity index (χ3n) is 7.36. The number of benzene rings is 2. The van der Waals surface area contributed by atoms with E-state index >= 15 is 0 Å². The van der Waals surface area contributed by atoms with Crippen LogP contribution in [0.2, 0.25) is 0 Å². The van der Waals surface area contributed by atoms with E-state index < -0.39 is 12.1 Å². The fraction of sp³-hybridized carbons (Fsp3) is 0.379. The molecule has 3 amide bonds. The lowest BCUT2D eigenvalue weighted by molar-refractivity contribution is -0.143. The summed E-state index contributed by atoms with van der Waals surface area (Å²) in [6.45, 7) is 6.85. The van der Waals surface area contributed by atoms with Gasteiger partial charge in [-0.25, -0.2) is 4.98 Å². The Morgan fingerprint density at radius 3 is 2.55 bits per heavy atom. The first-order valence-electron chi connectivity index (χ1n) is 12.9. The van der Waals surface area contributed by atoms with E-state index in [1.54, 1.807) is 15.9 Å². The maximum absolute atomic E-state index is 13.9. The minimum atomic E-state index is -0.657. The van der Waals surface area contributed by atoms with E-state index in [2.05, 4.69) is 22.9 Å². The summed E-state index contributed by atoms with van der Waals surface area (Å²) in [7, 11) is 0. The van der Waals surface area contributed by atoms with Crippen molar-refractivity contribution in [1.82, 2.24) is 20.1 Å². The van der Waals surface area contributed by atoms with Crippen molar-refractivity contribution in [2.24, 2.45) is 5.92 Å². The number of nitrogens with one attached hydrogen (secondary N) is 1. The number of thiol groups is 1. The van der Waals surface area contributed by atoms with Gasteiger partial charge in [-0.2, -0.15) is 12.6 Å². The van der Waals surface area contributed by atoms with Gasteiger partial charge in [-0.1, -0.05) is 56.3 Å². The summed E-state index contributed by atoms with van der Waals surface area (Å²) in [5.74, 6) is 0.0437. The van der Waals surface area contributed by atoms with E-state index in [9.17, 15) is 14.4 Å². The first kappa shape index (κ1) is 26.0. The Kier molecular flexibility index (Phi) is 7.29. The van der Waals surface area contributed by atoms with Crippen molar-refractivity contribution in [3.05, 3.63) is 77.3 Å². The van der Waals surface area contributed by atoms with Gasteiger partial charge in [-0.3, -0.25) is 14.4 Å². The number of amides is 3. The number of carbonyl (C=O) groups is 3. The number of aryl methyl sites for hydroxylation is 1. The van der Waals surface area contributed by atoms with Crippen LogP contribution in [-0.2, 0) is 22.7 Å². The van der Waals surface area contributed by atoms with Crippen LogP contribution in [0.5, 0.6) is 0 Å². The molecular formula is C29H32N4O4S. The average Bonchev–Trinajstić information content (AvgIpc) is 3.60. The fourth-order valence-corrected chi connectivity index (χ4v) is 5.79. The van der Waals surface area contributed by atoms with Gasteiger partial charge in [0.25, 0.3) is 5.91 Å². The summed E-state index contributed by atoms with van der Waals surface area (Å²) in [6, 6.07) is 13.9. The van der Waals surface area contributed by atoms with E-state index in [-0.39, 0.29) is 28.9 Å². The molecule has 0 radical (unpaired) electrons. The topological polar surface area (TPSA) is 95.8 Å². The Hall–Kier alpha value is -3.59. The Morgan fingerprint density at radius 2 is 1.89 bits per heavy atom. The smallest absolute Gasteiger partial charge is 0.255 e. The van der Waals surface area contributed by atoms with E-state index in [1.807, 2.05) is 63.2 Å². The van der Waals surface area contributed by atoms with Crippen LogP contribution in [0.3, 0.4) is 0 Å². The quantitative estimate of drug-likeness (QED) is 0.451. The SMILES string of the molecule is Cc1ncoc1-c1ccc(CNC(=O)[C@@H]2C[C@@H](S)CN2C(=O)[C@H](C(C)C)N2Cc3ccccc3C2=O)cc1. The molecule has 9 heteroatoms. The Bertz CT molecular complexity index is 1350. The summed E-state index contributed by atoms with van der Waals surface area (Å²) in [4.78, 5) is 47.7. The summed E-state index contributed by atoms with van der Waals surface area (Å²) in [6.07, 6.45) is 1.88. The number of nitrogens with zero attached hydrogens (tertiary/aromatic N) is 3. The van der Waals surface area contributed by atoms with Crippen molar-refractivity contribution in [2.75, 3.05) is 6.54 Å². The fourth-order valence-electron chi connectivity index (χ4n) is 5.42. The highest BCUT2D eigenvalue weighted by Gasteiger charge is 2.45. The van der Waals surface area contributed by atoms with E-state index in [1.165, 1.54) is 6.39 Å². The van der Waals surface area contributed by atoms with Crippen LogP contribution in [0.4, 0.5) is 0 Å². The van der Waals surface area contributed by atoms with Gasteiger partial charge in [0.1, 0.15) is 12.1 Å². The van der Waals surface area contributed by atoms with Crippen molar-refractivity contribution in [3.63, 3.8) is 0 Å². The van der Waals surface area contributed by atoms with Crippen LogP contribution in [0, 0.1) is 12.8 Å². The lowest BCUT2D eigenvalue weighted by Crippen LogP contribution is -2.55. The third-order valence-corrected chi connectivity index (χ3v) is 7.74. The second kappa shape index (κ2) is 10.6. The third kappa shape index (κ3) is 4.95. The lowest BCUT2D eigenvalue weighted by atomic mass is 10.0. The maximum atomic E-state index is 13.9. The van der Waals surface area contributed by atoms with Crippen LogP contribution < -0.4 is 5.32 Å². The van der Waals surface area contributed by atoms with Crippen molar-refractivity contribution in [1.29, 1.82) is 0 Å². The normalized spacial score (nSPS) is 19.7. The molecule has 2 aliphatic heterocycles. The first-order chi connectivity index (χ1) is 18.2.